The average molecular weight is 421 g/mol. The molecular formula is C18H18Cl2N6O2. The van der Waals surface area contributed by atoms with Gasteiger partial charge in [0.1, 0.15) is 5.69 Å². The van der Waals surface area contributed by atoms with Gasteiger partial charge in [-0.2, -0.15) is 4.98 Å². The third-order valence-corrected chi connectivity index (χ3v) is 4.56. The van der Waals surface area contributed by atoms with Crippen molar-refractivity contribution in [3.05, 3.63) is 46.1 Å². The number of carbonyl (C=O) groups is 2. The van der Waals surface area contributed by atoms with Gasteiger partial charge in [0.05, 0.1) is 10.0 Å². The Labute approximate surface area is 171 Å². The summed E-state index contributed by atoms with van der Waals surface area (Å²) in [6.45, 7) is 4.54. The molecule has 3 amide bonds. The van der Waals surface area contributed by atoms with Crippen LogP contribution in [-0.2, 0) is 0 Å². The Hall–Kier alpha value is -2.84. The summed E-state index contributed by atoms with van der Waals surface area (Å²) in [4.78, 5) is 28.6. The molecule has 0 atom stereocenters. The lowest BCUT2D eigenvalue weighted by molar-refractivity contribution is 0.0948. The molecule has 0 bridgehead atoms. The molecule has 0 fully saturated rings. The molecule has 0 aliphatic carbocycles. The van der Waals surface area contributed by atoms with Crippen LogP contribution in [0.25, 0.3) is 16.8 Å². The van der Waals surface area contributed by atoms with E-state index in [9.17, 15) is 9.59 Å². The molecule has 0 spiro atoms. The van der Waals surface area contributed by atoms with Crippen molar-refractivity contribution in [3.8, 4) is 11.1 Å². The molecule has 8 nitrogen and oxygen atoms in total. The van der Waals surface area contributed by atoms with Crippen LogP contribution in [-0.4, -0.2) is 39.6 Å². The fourth-order valence-corrected chi connectivity index (χ4v) is 2.90. The maximum absolute atomic E-state index is 12.6. The number of anilines is 1. The van der Waals surface area contributed by atoms with Crippen molar-refractivity contribution >= 4 is 46.7 Å². The van der Waals surface area contributed by atoms with E-state index in [-0.39, 0.29) is 17.5 Å². The number of amides is 3. The molecule has 3 rings (SSSR count). The smallest absolute Gasteiger partial charge is 0.321 e. The number of nitrogens with zero attached hydrogens (tertiary/aromatic N) is 3. The van der Waals surface area contributed by atoms with Crippen LogP contribution >= 0.6 is 23.2 Å². The number of carbonyl (C=O) groups excluding carboxylic acids is 2. The number of benzene rings is 1. The van der Waals surface area contributed by atoms with Crippen LogP contribution in [0.5, 0.6) is 0 Å². The predicted octanol–water partition coefficient (Wildman–Crippen LogP) is 3.59. The molecule has 3 N–H and O–H groups in total. The highest BCUT2D eigenvalue weighted by Gasteiger charge is 2.17. The number of hydrogen-bond donors (Lipinski definition) is 3. The third-order valence-electron chi connectivity index (χ3n) is 3.82. The molecule has 0 saturated carbocycles. The number of halogens is 2. The van der Waals surface area contributed by atoms with Gasteiger partial charge in [-0.3, -0.25) is 10.1 Å². The number of hydrogen-bond acceptors (Lipinski definition) is 4. The largest absolute Gasteiger partial charge is 0.351 e. The highest BCUT2D eigenvalue weighted by molar-refractivity contribution is 6.42. The molecular weight excluding hydrogens is 403 g/mol. The number of nitrogens with one attached hydrogen (secondary N) is 3. The second-order valence-electron chi connectivity index (χ2n) is 5.81. The van der Waals surface area contributed by atoms with Crippen LogP contribution in [0.4, 0.5) is 10.7 Å². The summed E-state index contributed by atoms with van der Waals surface area (Å²) in [5.41, 5.74) is 2.15. The lowest BCUT2D eigenvalue weighted by Crippen LogP contribution is -2.28. The average Bonchev–Trinajstić information content (AvgIpc) is 3.05. The van der Waals surface area contributed by atoms with Gasteiger partial charge in [0.15, 0.2) is 5.65 Å². The van der Waals surface area contributed by atoms with Crippen LogP contribution in [0.1, 0.15) is 24.3 Å². The van der Waals surface area contributed by atoms with Crippen LogP contribution in [0, 0.1) is 0 Å². The molecule has 0 aliphatic rings. The van der Waals surface area contributed by atoms with E-state index in [1.54, 1.807) is 37.3 Å². The Morgan fingerprint density at radius 1 is 1.00 bits per heavy atom. The third kappa shape index (κ3) is 4.18. The van der Waals surface area contributed by atoms with Gasteiger partial charge < -0.3 is 10.6 Å². The quantitative estimate of drug-likeness (QED) is 0.586. The fourth-order valence-electron chi connectivity index (χ4n) is 2.60. The summed E-state index contributed by atoms with van der Waals surface area (Å²) in [5, 5.41) is 13.0. The Morgan fingerprint density at radius 3 is 2.43 bits per heavy atom. The molecule has 0 saturated heterocycles. The highest BCUT2D eigenvalue weighted by Crippen LogP contribution is 2.30. The molecule has 0 aliphatic heterocycles. The van der Waals surface area contributed by atoms with Crippen LogP contribution in [0.3, 0.4) is 0 Å². The minimum absolute atomic E-state index is 0.0859. The van der Waals surface area contributed by atoms with Gasteiger partial charge in [-0.15, -0.1) is 5.10 Å². The van der Waals surface area contributed by atoms with E-state index in [0.717, 1.165) is 5.56 Å². The first-order chi connectivity index (χ1) is 13.4. The second-order valence-corrected chi connectivity index (χ2v) is 6.62. The number of fused-ring (bicyclic) bond motifs is 1. The first-order valence-corrected chi connectivity index (χ1v) is 9.37. The zero-order valence-corrected chi connectivity index (χ0v) is 16.7. The van der Waals surface area contributed by atoms with Gasteiger partial charge >= 0.3 is 6.03 Å². The topological polar surface area (TPSA) is 100 Å². The highest BCUT2D eigenvalue weighted by atomic mass is 35.5. The Balaban J connectivity index is 2.11. The van der Waals surface area contributed by atoms with Crippen LogP contribution in [0.15, 0.2) is 30.3 Å². The lowest BCUT2D eigenvalue weighted by atomic mass is 10.1. The minimum atomic E-state index is -0.428. The molecule has 3 aromatic rings. The van der Waals surface area contributed by atoms with Gasteiger partial charge in [0.2, 0.25) is 0 Å². The molecule has 0 unspecified atom stereocenters. The Kier molecular flexibility index (Phi) is 6.01. The molecule has 10 heteroatoms. The normalized spacial score (nSPS) is 10.7. The van der Waals surface area contributed by atoms with Crippen molar-refractivity contribution in [2.24, 2.45) is 0 Å². The van der Waals surface area contributed by atoms with Crippen molar-refractivity contribution in [2.45, 2.75) is 13.8 Å². The van der Waals surface area contributed by atoms with Gasteiger partial charge in [0.25, 0.3) is 11.9 Å². The molecule has 28 heavy (non-hydrogen) atoms. The first kappa shape index (κ1) is 19.9. The molecule has 146 valence electrons. The number of aromatic nitrogens is 3. The molecule has 2 aromatic heterocycles. The van der Waals surface area contributed by atoms with E-state index in [1.165, 1.54) is 4.52 Å². The Bertz CT molecular complexity index is 1050. The summed E-state index contributed by atoms with van der Waals surface area (Å²) in [7, 11) is 0. The zero-order chi connectivity index (χ0) is 20.3. The van der Waals surface area contributed by atoms with Gasteiger partial charge in [-0.25, -0.2) is 9.31 Å². The fraction of sp³-hybridized carbons (Fsp3) is 0.222. The maximum Gasteiger partial charge on any atom is 0.321 e. The standard InChI is InChI=1S/C18H18Cl2N6O2/c1-3-21-16(27)14-8-11(10-5-6-12(19)13(20)7-10)9-15-23-17(25-26(14)15)24-18(28)22-4-2/h5-9H,3-4H2,1-2H3,(H,21,27)(H2,22,24,25,28). The predicted molar refractivity (Wildman–Crippen MR) is 109 cm³/mol. The summed E-state index contributed by atoms with van der Waals surface area (Å²) < 4.78 is 1.38. The van der Waals surface area contributed by atoms with Gasteiger partial charge in [-0.05, 0) is 49.2 Å². The van der Waals surface area contributed by atoms with Crippen molar-refractivity contribution in [2.75, 3.05) is 18.4 Å². The summed E-state index contributed by atoms with van der Waals surface area (Å²) >= 11 is 12.1. The van der Waals surface area contributed by atoms with Gasteiger partial charge in [0, 0.05) is 13.1 Å². The molecule has 1 aromatic carbocycles. The number of pyridine rings is 1. The van der Waals surface area contributed by atoms with Crippen molar-refractivity contribution in [1.29, 1.82) is 0 Å². The van der Waals surface area contributed by atoms with Crippen molar-refractivity contribution in [3.63, 3.8) is 0 Å². The zero-order valence-electron chi connectivity index (χ0n) is 15.2. The van der Waals surface area contributed by atoms with E-state index in [1.807, 2.05) is 6.92 Å². The van der Waals surface area contributed by atoms with E-state index >= 15 is 0 Å². The van der Waals surface area contributed by atoms with E-state index in [2.05, 4.69) is 26.0 Å². The van der Waals surface area contributed by atoms with E-state index < -0.39 is 6.03 Å². The van der Waals surface area contributed by atoms with Crippen LogP contribution < -0.4 is 16.0 Å². The first-order valence-electron chi connectivity index (χ1n) is 8.62. The minimum Gasteiger partial charge on any atom is -0.351 e. The number of rotatable bonds is 5. The summed E-state index contributed by atoms with van der Waals surface area (Å²) in [5.74, 6) is -0.230. The lowest BCUT2D eigenvalue weighted by Gasteiger charge is -2.09. The van der Waals surface area contributed by atoms with Crippen LogP contribution in [0.2, 0.25) is 10.0 Å². The summed E-state index contributed by atoms with van der Waals surface area (Å²) in [6.07, 6.45) is 0. The molecule has 0 radical (unpaired) electrons. The SMILES string of the molecule is CCNC(=O)Nc1nc2cc(-c3ccc(Cl)c(Cl)c3)cc(C(=O)NCC)n2n1. The number of urea groups is 1. The van der Waals surface area contributed by atoms with E-state index in [4.69, 9.17) is 23.2 Å². The maximum atomic E-state index is 12.6. The monoisotopic (exact) mass is 420 g/mol. The second kappa shape index (κ2) is 8.45. The molecule has 2 heterocycles. The van der Waals surface area contributed by atoms with Crippen molar-refractivity contribution < 1.29 is 9.59 Å². The van der Waals surface area contributed by atoms with Gasteiger partial charge in [-0.1, -0.05) is 29.3 Å². The van der Waals surface area contributed by atoms with E-state index in [0.29, 0.717) is 34.3 Å². The Morgan fingerprint density at radius 2 is 1.75 bits per heavy atom. The summed E-state index contributed by atoms with van der Waals surface area (Å²) in [6, 6.07) is 8.19. The van der Waals surface area contributed by atoms with Crippen molar-refractivity contribution in [1.82, 2.24) is 25.2 Å².